The normalized spacial score (nSPS) is 18.7. The molecule has 0 aliphatic carbocycles. The van der Waals surface area contributed by atoms with E-state index in [-0.39, 0.29) is 17.9 Å². The number of hydrogen-bond acceptors (Lipinski definition) is 4. The Balaban J connectivity index is 2.13. The van der Waals surface area contributed by atoms with E-state index >= 15 is 0 Å². The predicted molar refractivity (Wildman–Crippen MR) is 83.8 cm³/mol. The van der Waals surface area contributed by atoms with E-state index < -0.39 is 0 Å². The van der Waals surface area contributed by atoms with Gasteiger partial charge in [0.05, 0.1) is 5.69 Å². The fourth-order valence-corrected chi connectivity index (χ4v) is 3.62. The van der Waals surface area contributed by atoms with Crippen LogP contribution in [0, 0.1) is 6.92 Å². The molecule has 114 valence electrons. The van der Waals surface area contributed by atoms with Gasteiger partial charge >= 0.3 is 0 Å². The first-order valence-electron chi connectivity index (χ1n) is 6.83. The zero-order chi connectivity index (χ0) is 15.6. The van der Waals surface area contributed by atoms with E-state index in [4.69, 9.17) is 11.6 Å². The van der Waals surface area contributed by atoms with Crippen molar-refractivity contribution in [2.45, 2.75) is 26.3 Å². The highest BCUT2D eigenvalue weighted by Crippen LogP contribution is 2.25. The molecule has 0 saturated carbocycles. The monoisotopic (exact) mass is 327 g/mol. The van der Waals surface area contributed by atoms with Gasteiger partial charge in [-0.25, -0.2) is 4.98 Å². The standard InChI is InChI=1S/C14H18ClN3O2S/c1-4-10-8-17(6-7-18(10)11(19)5-2)13(20)12-9(3)16-14(15)21-12/h5,10H,2,4,6-8H2,1,3H3/t10-/m1/s1. The maximum Gasteiger partial charge on any atom is 0.266 e. The van der Waals surface area contributed by atoms with Crippen LogP contribution in [0.25, 0.3) is 0 Å². The maximum absolute atomic E-state index is 12.6. The molecule has 1 aliphatic rings. The Kier molecular flexibility index (Phi) is 5.00. The second-order valence-electron chi connectivity index (χ2n) is 4.93. The lowest BCUT2D eigenvalue weighted by Crippen LogP contribution is -2.56. The summed E-state index contributed by atoms with van der Waals surface area (Å²) in [6, 6.07) is 0.0249. The quantitative estimate of drug-likeness (QED) is 0.801. The lowest BCUT2D eigenvalue weighted by atomic mass is 10.1. The van der Waals surface area contributed by atoms with E-state index in [1.54, 1.807) is 16.7 Å². The van der Waals surface area contributed by atoms with Gasteiger partial charge in [0.25, 0.3) is 5.91 Å². The lowest BCUT2D eigenvalue weighted by Gasteiger charge is -2.40. The Morgan fingerprint density at radius 3 is 2.76 bits per heavy atom. The Labute approximate surface area is 133 Å². The molecule has 0 bridgehead atoms. The molecule has 0 N–H and O–H groups in total. The molecule has 7 heteroatoms. The third-order valence-corrected chi connectivity index (χ3v) is 4.91. The van der Waals surface area contributed by atoms with Crippen LogP contribution in [-0.4, -0.2) is 52.3 Å². The van der Waals surface area contributed by atoms with Crippen molar-refractivity contribution in [2.75, 3.05) is 19.6 Å². The number of halogens is 1. The van der Waals surface area contributed by atoms with Crippen molar-refractivity contribution in [1.29, 1.82) is 0 Å². The highest BCUT2D eigenvalue weighted by Gasteiger charge is 2.32. The SMILES string of the molecule is C=CC(=O)N1CCN(C(=O)c2sc(Cl)nc2C)C[C@H]1CC. The van der Waals surface area contributed by atoms with Gasteiger partial charge < -0.3 is 9.80 Å². The molecule has 0 aromatic carbocycles. The smallest absolute Gasteiger partial charge is 0.266 e. The summed E-state index contributed by atoms with van der Waals surface area (Å²) in [7, 11) is 0. The summed E-state index contributed by atoms with van der Waals surface area (Å²) in [4.78, 5) is 32.6. The highest BCUT2D eigenvalue weighted by molar-refractivity contribution is 7.17. The van der Waals surface area contributed by atoms with Crippen LogP contribution in [0.15, 0.2) is 12.7 Å². The molecule has 2 heterocycles. The first kappa shape index (κ1) is 16.0. The van der Waals surface area contributed by atoms with Crippen molar-refractivity contribution in [2.24, 2.45) is 0 Å². The fraction of sp³-hybridized carbons (Fsp3) is 0.500. The summed E-state index contributed by atoms with van der Waals surface area (Å²) >= 11 is 7.06. The maximum atomic E-state index is 12.6. The van der Waals surface area contributed by atoms with Crippen molar-refractivity contribution in [3.8, 4) is 0 Å². The molecule has 1 aliphatic heterocycles. The van der Waals surface area contributed by atoms with Crippen LogP contribution >= 0.6 is 22.9 Å². The summed E-state index contributed by atoms with van der Waals surface area (Å²) in [5.74, 6) is -0.132. The Morgan fingerprint density at radius 2 is 2.24 bits per heavy atom. The third kappa shape index (κ3) is 3.27. The van der Waals surface area contributed by atoms with Gasteiger partial charge in [-0.2, -0.15) is 0 Å². The second kappa shape index (κ2) is 6.58. The molecule has 5 nitrogen and oxygen atoms in total. The van der Waals surface area contributed by atoms with E-state index in [9.17, 15) is 9.59 Å². The molecular formula is C14H18ClN3O2S. The highest BCUT2D eigenvalue weighted by atomic mass is 35.5. The van der Waals surface area contributed by atoms with Crippen molar-refractivity contribution in [1.82, 2.24) is 14.8 Å². The summed E-state index contributed by atoms with van der Waals surface area (Å²) < 4.78 is 0.378. The number of rotatable bonds is 3. The summed E-state index contributed by atoms with van der Waals surface area (Å²) in [5, 5.41) is 0. The number of hydrogen-bond donors (Lipinski definition) is 0. The fourth-order valence-electron chi connectivity index (χ4n) is 2.50. The van der Waals surface area contributed by atoms with E-state index in [1.807, 2.05) is 6.92 Å². The third-order valence-electron chi connectivity index (χ3n) is 3.66. The Bertz CT molecular complexity index is 573. The molecule has 1 atom stereocenters. The number of aromatic nitrogens is 1. The zero-order valence-corrected chi connectivity index (χ0v) is 13.7. The minimum absolute atomic E-state index is 0.0249. The first-order valence-corrected chi connectivity index (χ1v) is 8.02. The molecule has 1 aromatic rings. The molecule has 1 fully saturated rings. The number of carbonyl (C=O) groups is 2. The molecule has 0 spiro atoms. The average molecular weight is 328 g/mol. The topological polar surface area (TPSA) is 53.5 Å². The van der Waals surface area contributed by atoms with Crippen LogP contribution in [0.4, 0.5) is 0 Å². The number of amides is 2. The largest absolute Gasteiger partial charge is 0.334 e. The van der Waals surface area contributed by atoms with Gasteiger partial charge in [0.2, 0.25) is 5.91 Å². The number of carbonyl (C=O) groups excluding carboxylic acids is 2. The van der Waals surface area contributed by atoms with E-state index in [0.29, 0.717) is 34.7 Å². The molecule has 0 radical (unpaired) electrons. The van der Waals surface area contributed by atoms with Crippen LogP contribution in [0.5, 0.6) is 0 Å². The summed E-state index contributed by atoms with van der Waals surface area (Å²) in [6.07, 6.45) is 2.12. The minimum Gasteiger partial charge on any atom is -0.334 e. The van der Waals surface area contributed by atoms with E-state index in [0.717, 1.165) is 6.42 Å². The number of piperazine rings is 1. The van der Waals surface area contributed by atoms with E-state index in [2.05, 4.69) is 11.6 Å². The number of aryl methyl sites for hydroxylation is 1. The first-order chi connectivity index (χ1) is 9.97. The van der Waals surface area contributed by atoms with Crippen LogP contribution in [0.2, 0.25) is 4.47 Å². The van der Waals surface area contributed by atoms with E-state index in [1.165, 1.54) is 17.4 Å². The lowest BCUT2D eigenvalue weighted by molar-refractivity contribution is -0.130. The van der Waals surface area contributed by atoms with Gasteiger partial charge in [0.15, 0.2) is 4.47 Å². The summed E-state index contributed by atoms with van der Waals surface area (Å²) in [6.45, 7) is 8.90. The Morgan fingerprint density at radius 1 is 1.52 bits per heavy atom. The van der Waals surface area contributed by atoms with Crippen molar-refractivity contribution in [3.05, 3.63) is 27.7 Å². The van der Waals surface area contributed by atoms with Crippen molar-refractivity contribution in [3.63, 3.8) is 0 Å². The molecule has 1 saturated heterocycles. The van der Waals surface area contributed by atoms with Crippen LogP contribution < -0.4 is 0 Å². The van der Waals surface area contributed by atoms with Crippen LogP contribution in [0.1, 0.15) is 28.7 Å². The van der Waals surface area contributed by atoms with Gasteiger partial charge in [0.1, 0.15) is 4.88 Å². The van der Waals surface area contributed by atoms with Gasteiger partial charge in [0, 0.05) is 25.7 Å². The molecule has 21 heavy (non-hydrogen) atoms. The van der Waals surface area contributed by atoms with Gasteiger partial charge in [-0.1, -0.05) is 36.4 Å². The molecular weight excluding hydrogens is 310 g/mol. The summed E-state index contributed by atoms with van der Waals surface area (Å²) in [5.41, 5.74) is 0.660. The molecule has 0 unspecified atom stereocenters. The molecule has 2 amide bonds. The van der Waals surface area contributed by atoms with Gasteiger partial charge in [-0.3, -0.25) is 9.59 Å². The van der Waals surface area contributed by atoms with Gasteiger partial charge in [-0.05, 0) is 19.4 Å². The van der Waals surface area contributed by atoms with Crippen molar-refractivity contribution < 1.29 is 9.59 Å². The average Bonchev–Trinajstić information content (AvgIpc) is 2.83. The molecule has 2 rings (SSSR count). The predicted octanol–water partition coefficient (Wildman–Crippen LogP) is 2.35. The van der Waals surface area contributed by atoms with Gasteiger partial charge in [-0.15, -0.1) is 0 Å². The Hall–Kier alpha value is -1.40. The van der Waals surface area contributed by atoms with Crippen LogP contribution in [0.3, 0.4) is 0 Å². The zero-order valence-electron chi connectivity index (χ0n) is 12.1. The second-order valence-corrected chi connectivity index (χ2v) is 6.51. The minimum atomic E-state index is -0.0778. The molecule has 1 aromatic heterocycles. The van der Waals surface area contributed by atoms with Crippen LogP contribution in [-0.2, 0) is 4.79 Å². The number of nitrogens with zero attached hydrogens (tertiary/aromatic N) is 3. The number of thiazole rings is 1. The van der Waals surface area contributed by atoms with Crippen molar-refractivity contribution >= 4 is 34.8 Å².